The van der Waals surface area contributed by atoms with Crippen LogP contribution in [0, 0.1) is 11.8 Å². The van der Waals surface area contributed by atoms with Crippen LogP contribution in [0.3, 0.4) is 0 Å². The van der Waals surface area contributed by atoms with Crippen LogP contribution in [-0.4, -0.2) is 65.9 Å². The van der Waals surface area contributed by atoms with Crippen molar-refractivity contribution in [1.29, 1.82) is 0 Å². The Hall–Kier alpha value is -2.47. The third-order valence-electron chi connectivity index (χ3n) is 7.05. The van der Waals surface area contributed by atoms with E-state index < -0.39 is 0 Å². The van der Waals surface area contributed by atoms with Gasteiger partial charge in [0.15, 0.2) is 0 Å². The van der Waals surface area contributed by atoms with Gasteiger partial charge in [-0.15, -0.1) is 0 Å². The Morgan fingerprint density at radius 2 is 1.53 bits per heavy atom. The number of rotatable bonds is 6. The highest BCUT2D eigenvalue weighted by molar-refractivity contribution is 6.00. The first kappa shape index (κ1) is 19.5. The van der Waals surface area contributed by atoms with Crippen LogP contribution in [0.15, 0.2) is 36.4 Å². The zero-order valence-corrected chi connectivity index (χ0v) is 17.5. The Morgan fingerprint density at radius 1 is 0.833 bits per heavy atom. The molecule has 1 aromatic carbocycles. The van der Waals surface area contributed by atoms with Crippen molar-refractivity contribution >= 4 is 28.5 Å². The Morgan fingerprint density at radius 3 is 2.30 bits per heavy atom. The number of pyridine rings is 1. The molecule has 0 radical (unpaired) electrons. The lowest BCUT2D eigenvalue weighted by Gasteiger charge is -2.35. The molecule has 6 heteroatoms. The maximum absolute atomic E-state index is 12.4. The van der Waals surface area contributed by atoms with E-state index >= 15 is 0 Å². The van der Waals surface area contributed by atoms with Crippen molar-refractivity contribution < 1.29 is 9.59 Å². The second-order valence-corrected chi connectivity index (χ2v) is 8.93. The van der Waals surface area contributed by atoms with Crippen molar-refractivity contribution in [3.63, 3.8) is 0 Å². The number of likely N-dealkylation sites (tertiary alicyclic amines) is 1. The number of carbonyl (C=O) groups is 2. The summed E-state index contributed by atoms with van der Waals surface area (Å²) in [6.07, 6.45) is 4.54. The van der Waals surface area contributed by atoms with E-state index in [9.17, 15) is 9.59 Å². The van der Waals surface area contributed by atoms with Gasteiger partial charge in [-0.05, 0) is 56.8 Å². The molecule has 2 bridgehead atoms. The van der Waals surface area contributed by atoms with Gasteiger partial charge in [0.25, 0.3) is 0 Å². The molecule has 158 valence electrons. The summed E-state index contributed by atoms with van der Waals surface area (Å²) in [5.41, 5.74) is 1.05. The molecule has 1 saturated carbocycles. The van der Waals surface area contributed by atoms with Crippen LogP contribution in [0.1, 0.15) is 32.1 Å². The number of hydrogen-bond donors (Lipinski definition) is 0. The first-order chi connectivity index (χ1) is 14.7. The highest BCUT2D eigenvalue weighted by Crippen LogP contribution is 2.38. The minimum Gasteiger partial charge on any atom is -0.354 e. The molecule has 30 heavy (non-hydrogen) atoms. The largest absolute Gasteiger partial charge is 0.354 e. The maximum atomic E-state index is 12.4. The number of nitrogens with zero attached hydrogens (tertiary/aromatic N) is 4. The first-order valence-corrected chi connectivity index (χ1v) is 11.4. The maximum Gasteiger partial charge on any atom is 0.232 e. The van der Waals surface area contributed by atoms with Gasteiger partial charge in [0.05, 0.1) is 5.52 Å². The standard InChI is InChI=1S/C24H30N4O2/c29-23-19-7-8-20(17-19)24(30)28(23)12-4-3-11-26-13-15-27(16-14-26)22-10-9-18-5-1-2-6-21(18)25-22/h1-2,5-6,9-10,19-20H,3-4,7-8,11-17H2. The molecule has 0 spiro atoms. The molecule has 0 N–H and O–H groups in total. The van der Waals surface area contributed by atoms with Crippen molar-refractivity contribution in [2.75, 3.05) is 44.2 Å². The van der Waals surface area contributed by atoms with Crippen molar-refractivity contribution in [3.8, 4) is 0 Å². The molecule has 1 aliphatic carbocycles. The number of piperazine rings is 1. The van der Waals surface area contributed by atoms with Gasteiger partial charge in [-0.2, -0.15) is 0 Å². The molecule has 6 nitrogen and oxygen atoms in total. The number of anilines is 1. The zero-order chi connectivity index (χ0) is 20.5. The SMILES string of the molecule is O=C1C2CCC(C2)C(=O)N1CCCCN1CCN(c2ccc3ccccc3n2)CC1. The van der Waals surface area contributed by atoms with Crippen molar-refractivity contribution in [3.05, 3.63) is 36.4 Å². The average Bonchev–Trinajstić information content (AvgIpc) is 3.25. The van der Waals surface area contributed by atoms with Crippen LogP contribution in [0.25, 0.3) is 10.9 Å². The molecule has 3 heterocycles. The molecule has 2 amide bonds. The van der Waals surface area contributed by atoms with Gasteiger partial charge in [0.1, 0.15) is 5.82 Å². The first-order valence-electron chi connectivity index (χ1n) is 11.4. The van der Waals surface area contributed by atoms with Crippen molar-refractivity contribution in [2.45, 2.75) is 32.1 Å². The van der Waals surface area contributed by atoms with Gasteiger partial charge in [-0.25, -0.2) is 4.98 Å². The molecule has 3 aliphatic rings. The Kier molecular flexibility index (Phi) is 5.42. The van der Waals surface area contributed by atoms with Crippen LogP contribution < -0.4 is 4.90 Å². The highest BCUT2D eigenvalue weighted by atomic mass is 16.2. The summed E-state index contributed by atoms with van der Waals surface area (Å²) in [4.78, 5) is 36.1. The molecule has 5 rings (SSSR count). The molecule has 2 aromatic rings. The molecule has 2 aliphatic heterocycles. The lowest BCUT2D eigenvalue weighted by Crippen LogP contribution is -2.47. The summed E-state index contributed by atoms with van der Waals surface area (Å²) in [5.74, 6) is 1.47. The van der Waals surface area contributed by atoms with Gasteiger partial charge < -0.3 is 4.90 Å². The number of piperidine rings is 1. The fraction of sp³-hybridized carbons (Fsp3) is 0.542. The number of hydrogen-bond acceptors (Lipinski definition) is 5. The molecule has 2 saturated heterocycles. The predicted octanol–water partition coefficient (Wildman–Crippen LogP) is 2.92. The lowest BCUT2D eigenvalue weighted by molar-refractivity contribution is -0.152. The molecule has 1 aromatic heterocycles. The topological polar surface area (TPSA) is 56.8 Å². The zero-order valence-electron chi connectivity index (χ0n) is 17.5. The molecular weight excluding hydrogens is 376 g/mol. The summed E-state index contributed by atoms with van der Waals surface area (Å²) in [7, 11) is 0. The van der Waals surface area contributed by atoms with E-state index in [1.54, 1.807) is 4.90 Å². The second-order valence-electron chi connectivity index (χ2n) is 8.93. The van der Waals surface area contributed by atoms with Crippen molar-refractivity contribution in [2.24, 2.45) is 11.8 Å². The van der Waals surface area contributed by atoms with Gasteiger partial charge in [0.2, 0.25) is 11.8 Å². The van der Waals surface area contributed by atoms with E-state index in [2.05, 4.69) is 34.1 Å². The van der Waals surface area contributed by atoms with Crippen LogP contribution in [-0.2, 0) is 9.59 Å². The fourth-order valence-corrected chi connectivity index (χ4v) is 5.24. The lowest BCUT2D eigenvalue weighted by atomic mass is 9.97. The fourth-order valence-electron chi connectivity index (χ4n) is 5.24. The Labute approximate surface area is 177 Å². The van der Waals surface area contributed by atoms with Gasteiger partial charge in [0, 0.05) is 49.9 Å². The van der Waals surface area contributed by atoms with Crippen LogP contribution in [0.2, 0.25) is 0 Å². The Balaban J connectivity index is 1.07. The predicted molar refractivity (Wildman–Crippen MR) is 117 cm³/mol. The number of fused-ring (bicyclic) bond motifs is 3. The second kappa shape index (κ2) is 8.34. The van der Waals surface area contributed by atoms with E-state index in [0.29, 0.717) is 6.54 Å². The summed E-state index contributed by atoms with van der Waals surface area (Å²) in [6, 6.07) is 12.5. The molecule has 2 atom stereocenters. The molecule has 2 unspecified atom stereocenters. The summed E-state index contributed by atoms with van der Waals surface area (Å²) >= 11 is 0. The van der Waals surface area contributed by atoms with Crippen LogP contribution >= 0.6 is 0 Å². The van der Waals surface area contributed by atoms with Crippen LogP contribution in [0.4, 0.5) is 5.82 Å². The highest BCUT2D eigenvalue weighted by Gasteiger charge is 2.44. The Bertz CT molecular complexity index is 916. The summed E-state index contributed by atoms with van der Waals surface area (Å²) in [5, 5.41) is 1.18. The van der Waals surface area contributed by atoms with E-state index in [-0.39, 0.29) is 23.7 Å². The third kappa shape index (κ3) is 3.81. The summed E-state index contributed by atoms with van der Waals surface area (Å²) < 4.78 is 0. The normalized spacial score (nSPS) is 24.8. The number of para-hydroxylation sites is 1. The smallest absolute Gasteiger partial charge is 0.232 e. The number of aromatic nitrogens is 1. The monoisotopic (exact) mass is 406 g/mol. The molecular formula is C24H30N4O2. The van der Waals surface area contributed by atoms with Crippen LogP contribution in [0.5, 0.6) is 0 Å². The minimum atomic E-state index is 0.0882. The summed E-state index contributed by atoms with van der Waals surface area (Å²) in [6.45, 7) is 5.66. The number of carbonyl (C=O) groups excluding carboxylic acids is 2. The number of unbranched alkanes of at least 4 members (excludes halogenated alkanes) is 1. The van der Waals surface area contributed by atoms with Crippen molar-refractivity contribution in [1.82, 2.24) is 14.8 Å². The third-order valence-corrected chi connectivity index (χ3v) is 7.05. The van der Waals surface area contributed by atoms with Gasteiger partial charge in [-0.1, -0.05) is 18.2 Å². The van der Waals surface area contributed by atoms with E-state index in [4.69, 9.17) is 4.98 Å². The molecule has 3 fully saturated rings. The number of imide groups is 1. The number of amides is 2. The van der Waals surface area contributed by atoms with E-state index in [1.807, 2.05) is 12.1 Å². The van der Waals surface area contributed by atoms with Gasteiger partial charge in [-0.3, -0.25) is 19.4 Å². The van der Waals surface area contributed by atoms with E-state index in [0.717, 1.165) is 76.2 Å². The van der Waals surface area contributed by atoms with Gasteiger partial charge >= 0.3 is 0 Å². The van der Waals surface area contributed by atoms with E-state index in [1.165, 1.54) is 5.39 Å². The minimum absolute atomic E-state index is 0.0882. The quantitative estimate of drug-likeness (QED) is 0.545. The average molecular weight is 407 g/mol. The number of benzene rings is 1.